The number of Topliss-reactive ketones (excluding diaryl/α,β-unsaturated/α-hetero) is 2. The van der Waals surface area contributed by atoms with Crippen LogP contribution in [0.3, 0.4) is 0 Å². The molecule has 110 valence electrons. The Bertz CT molecular complexity index is 443. The molecule has 0 amide bonds. The molecule has 0 aliphatic carbocycles. The van der Waals surface area contributed by atoms with Gasteiger partial charge in [0.1, 0.15) is 5.78 Å². The predicted molar refractivity (Wildman–Crippen MR) is 78.1 cm³/mol. The summed E-state index contributed by atoms with van der Waals surface area (Å²) in [5, 5.41) is 0. The average molecular weight is 277 g/mol. The molecule has 0 unspecified atom stereocenters. The van der Waals surface area contributed by atoms with Gasteiger partial charge in [0.25, 0.3) is 0 Å². The van der Waals surface area contributed by atoms with Gasteiger partial charge in [0.15, 0.2) is 5.78 Å². The molecule has 1 rings (SSSR count). The number of carbonyl (C=O) groups is 2. The monoisotopic (exact) mass is 277 g/mol. The fourth-order valence-electron chi connectivity index (χ4n) is 1.95. The van der Waals surface area contributed by atoms with Crippen molar-refractivity contribution < 1.29 is 14.3 Å². The molecule has 0 atom stereocenters. The van der Waals surface area contributed by atoms with Gasteiger partial charge in [-0.15, -0.1) is 0 Å². The van der Waals surface area contributed by atoms with Crippen molar-refractivity contribution in [3.8, 4) is 5.88 Å². The van der Waals surface area contributed by atoms with Gasteiger partial charge in [-0.1, -0.05) is 19.3 Å². The van der Waals surface area contributed by atoms with Crippen LogP contribution in [-0.4, -0.2) is 23.2 Å². The average Bonchev–Trinajstić information content (AvgIpc) is 2.41. The van der Waals surface area contributed by atoms with E-state index in [1.807, 2.05) is 0 Å². The maximum absolute atomic E-state index is 11.4. The molecule has 1 heterocycles. The standard InChI is InChI=1S/C16H23NO3/c1-13(18)9-6-4-3-5-7-12-20-16-15(14(2)19)10-8-11-17-16/h8,10-11H,3-7,9,12H2,1-2H3. The maximum Gasteiger partial charge on any atom is 0.224 e. The van der Waals surface area contributed by atoms with Crippen LogP contribution in [-0.2, 0) is 4.79 Å². The zero-order valence-electron chi connectivity index (χ0n) is 12.4. The Hall–Kier alpha value is -1.71. The summed E-state index contributed by atoms with van der Waals surface area (Å²) in [4.78, 5) is 26.2. The minimum absolute atomic E-state index is 0.0302. The first-order valence-corrected chi connectivity index (χ1v) is 7.19. The lowest BCUT2D eigenvalue weighted by Gasteiger charge is -2.08. The van der Waals surface area contributed by atoms with E-state index in [1.54, 1.807) is 25.3 Å². The number of aromatic nitrogens is 1. The lowest BCUT2D eigenvalue weighted by Crippen LogP contribution is -2.04. The van der Waals surface area contributed by atoms with E-state index in [2.05, 4.69) is 4.98 Å². The van der Waals surface area contributed by atoms with Gasteiger partial charge in [0.05, 0.1) is 12.2 Å². The summed E-state index contributed by atoms with van der Waals surface area (Å²) in [6.07, 6.45) is 7.50. The second-order valence-corrected chi connectivity index (χ2v) is 4.98. The Morgan fingerprint density at radius 3 is 2.50 bits per heavy atom. The fraction of sp³-hybridized carbons (Fsp3) is 0.562. The molecular weight excluding hydrogens is 254 g/mol. The first-order chi connectivity index (χ1) is 9.61. The van der Waals surface area contributed by atoms with Crippen molar-refractivity contribution in [2.24, 2.45) is 0 Å². The van der Waals surface area contributed by atoms with Crippen molar-refractivity contribution in [2.45, 2.75) is 52.4 Å². The van der Waals surface area contributed by atoms with Crippen molar-refractivity contribution in [3.63, 3.8) is 0 Å². The quantitative estimate of drug-likeness (QED) is 0.484. The Morgan fingerprint density at radius 2 is 1.80 bits per heavy atom. The third kappa shape index (κ3) is 6.45. The second-order valence-electron chi connectivity index (χ2n) is 4.98. The van der Waals surface area contributed by atoms with Crippen LogP contribution in [0.15, 0.2) is 18.3 Å². The van der Waals surface area contributed by atoms with Crippen molar-refractivity contribution in [3.05, 3.63) is 23.9 Å². The molecule has 0 aromatic carbocycles. The lowest BCUT2D eigenvalue weighted by molar-refractivity contribution is -0.117. The van der Waals surface area contributed by atoms with Crippen LogP contribution in [0.1, 0.15) is 62.7 Å². The lowest BCUT2D eigenvalue weighted by atomic mass is 10.1. The molecule has 0 spiro atoms. The molecule has 0 fully saturated rings. The summed E-state index contributed by atoms with van der Waals surface area (Å²) in [6.45, 7) is 3.72. The minimum atomic E-state index is -0.0302. The normalized spacial score (nSPS) is 10.3. The topological polar surface area (TPSA) is 56.3 Å². The van der Waals surface area contributed by atoms with E-state index >= 15 is 0 Å². The molecule has 0 bridgehead atoms. The SMILES string of the molecule is CC(=O)CCCCCCCOc1ncccc1C(C)=O. The summed E-state index contributed by atoms with van der Waals surface area (Å²) in [6, 6.07) is 3.46. The highest BCUT2D eigenvalue weighted by atomic mass is 16.5. The zero-order valence-corrected chi connectivity index (χ0v) is 12.4. The molecule has 0 saturated carbocycles. The van der Waals surface area contributed by atoms with Crippen LogP contribution in [0.2, 0.25) is 0 Å². The Balaban J connectivity index is 2.15. The van der Waals surface area contributed by atoms with Crippen molar-refractivity contribution in [2.75, 3.05) is 6.61 Å². The number of hydrogen-bond donors (Lipinski definition) is 0. The molecule has 0 radical (unpaired) electrons. The van der Waals surface area contributed by atoms with Crippen LogP contribution >= 0.6 is 0 Å². The van der Waals surface area contributed by atoms with Crippen molar-refractivity contribution >= 4 is 11.6 Å². The molecule has 1 aromatic heterocycles. The number of ketones is 2. The van der Waals surface area contributed by atoms with Gasteiger partial charge in [-0.3, -0.25) is 4.79 Å². The van der Waals surface area contributed by atoms with E-state index in [-0.39, 0.29) is 11.6 Å². The first-order valence-electron chi connectivity index (χ1n) is 7.19. The van der Waals surface area contributed by atoms with Gasteiger partial charge in [-0.2, -0.15) is 0 Å². The maximum atomic E-state index is 11.4. The summed E-state index contributed by atoms with van der Waals surface area (Å²) >= 11 is 0. The molecule has 0 N–H and O–H groups in total. The smallest absolute Gasteiger partial charge is 0.224 e. The summed E-state index contributed by atoms with van der Waals surface area (Å²) < 4.78 is 5.56. The summed E-state index contributed by atoms with van der Waals surface area (Å²) in [5.41, 5.74) is 0.536. The molecule has 1 aromatic rings. The Kier molecular flexibility index (Phi) is 7.55. The second kappa shape index (κ2) is 9.23. The fourth-order valence-corrected chi connectivity index (χ4v) is 1.95. The van der Waals surface area contributed by atoms with E-state index in [1.165, 1.54) is 6.92 Å². The van der Waals surface area contributed by atoms with Crippen LogP contribution < -0.4 is 4.74 Å². The summed E-state index contributed by atoms with van der Waals surface area (Å²) in [7, 11) is 0. The minimum Gasteiger partial charge on any atom is -0.477 e. The number of unbranched alkanes of at least 4 members (excludes halogenated alkanes) is 4. The van der Waals surface area contributed by atoms with Crippen LogP contribution in [0, 0.1) is 0 Å². The summed E-state index contributed by atoms with van der Waals surface area (Å²) in [5.74, 6) is 0.661. The first kappa shape index (κ1) is 16.3. The molecule has 0 aliphatic rings. The number of rotatable bonds is 10. The Labute approximate surface area is 120 Å². The van der Waals surface area contributed by atoms with Crippen LogP contribution in [0.4, 0.5) is 0 Å². The molecular formula is C16H23NO3. The third-order valence-corrected chi connectivity index (χ3v) is 3.06. The van der Waals surface area contributed by atoms with Gasteiger partial charge < -0.3 is 9.53 Å². The number of nitrogens with zero attached hydrogens (tertiary/aromatic N) is 1. The van der Waals surface area contributed by atoms with E-state index < -0.39 is 0 Å². The Morgan fingerprint density at radius 1 is 1.10 bits per heavy atom. The van der Waals surface area contributed by atoms with Crippen LogP contribution in [0.5, 0.6) is 5.88 Å². The predicted octanol–water partition coefficient (Wildman–Crippen LogP) is 3.59. The van der Waals surface area contributed by atoms with Gasteiger partial charge >= 0.3 is 0 Å². The highest BCUT2D eigenvalue weighted by Gasteiger charge is 2.08. The zero-order chi connectivity index (χ0) is 14.8. The number of carbonyl (C=O) groups excluding carboxylic acids is 2. The third-order valence-electron chi connectivity index (χ3n) is 3.06. The highest BCUT2D eigenvalue weighted by Crippen LogP contribution is 2.15. The molecule has 4 nitrogen and oxygen atoms in total. The number of ether oxygens (including phenoxy) is 1. The van der Waals surface area contributed by atoms with Gasteiger partial charge in [-0.05, 0) is 38.8 Å². The number of hydrogen-bond acceptors (Lipinski definition) is 4. The van der Waals surface area contributed by atoms with Gasteiger partial charge in [0.2, 0.25) is 5.88 Å². The van der Waals surface area contributed by atoms with Crippen LogP contribution in [0.25, 0.3) is 0 Å². The largest absolute Gasteiger partial charge is 0.477 e. The molecule has 0 aliphatic heterocycles. The highest BCUT2D eigenvalue weighted by molar-refractivity contribution is 5.96. The van der Waals surface area contributed by atoms with Gasteiger partial charge in [0, 0.05) is 12.6 Å². The van der Waals surface area contributed by atoms with Gasteiger partial charge in [-0.25, -0.2) is 4.98 Å². The van der Waals surface area contributed by atoms with Crippen molar-refractivity contribution in [1.82, 2.24) is 4.98 Å². The van der Waals surface area contributed by atoms with E-state index in [4.69, 9.17) is 4.74 Å². The molecule has 20 heavy (non-hydrogen) atoms. The van der Waals surface area contributed by atoms with E-state index in [0.717, 1.165) is 32.1 Å². The molecule has 0 saturated heterocycles. The number of pyridine rings is 1. The van der Waals surface area contributed by atoms with Crippen molar-refractivity contribution in [1.29, 1.82) is 0 Å². The van der Waals surface area contributed by atoms with E-state index in [0.29, 0.717) is 24.5 Å². The van der Waals surface area contributed by atoms with E-state index in [9.17, 15) is 9.59 Å². The molecule has 4 heteroatoms.